The SMILES string of the molecule is COc1cccc2c1CCC2NC(=O)CN. The van der Waals surface area contributed by atoms with Gasteiger partial charge in [-0.15, -0.1) is 0 Å². The van der Waals surface area contributed by atoms with Gasteiger partial charge in [-0.25, -0.2) is 0 Å². The Morgan fingerprint density at radius 3 is 3.12 bits per heavy atom. The molecule has 1 aromatic rings. The van der Waals surface area contributed by atoms with Crippen LogP contribution in [0.15, 0.2) is 18.2 Å². The number of hydrogen-bond acceptors (Lipinski definition) is 3. The zero-order chi connectivity index (χ0) is 11.5. The van der Waals surface area contributed by atoms with Gasteiger partial charge in [0.1, 0.15) is 5.75 Å². The normalized spacial score (nSPS) is 18.0. The van der Waals surface area contributed by atoms with Crippen LogP contribution in [0.4, 0.5) is 0 Å². The van der Waals surface area contributed by atoms with Crippen LogP contribution in [-0.2, 0) is 11.2 Å². The minimum Gasteiger partial charge on any atom is -0.496 e. The Balaban J connectivity index is 2.23. The molecule has 1 aromatic carbocycles. The number of amides is 1. The maximum Gasteiger partial charge on any atom is 0.234 e. The van der Waals surface area contributed by atoms with Crippen molar-refractivity contribution in [3.63, 3.8) is 0 Å². The number of ether oxygens (including phenoxy) is 1. The molecule has 0 radical (unpaired) electrons. The number of fused-ring (bicyclic) bond motifs is 1. The Bertz CT molecular complexity index is 404. The van der Waals surface area contributed by atoms with Crippen molar-refractivity contribution >= 4 is 5.91 Å². The van der Waals surface area contributed by atoms with Crippen LogP contribution in [0.25, 0.3) is 0 Å². The molecule has 0 spiro atoms. The van der Waals surface area contributed by atoms with E-state index in [4.69, 9.17) is 10.5 Å². The van der Waals surface area contributed by atoms with Crippen molar-refractivity contribution in [3.8, 4) is 5.75 Å². The van der Waals surface area contributed by atoms with Crippen molar-refractivity contribution in [2.24, 2.45) is 5.73 Å². The molecule has 0 aliphatic heterocycles. The standard InChI is InChI=1S/C12H16N2O2/c1-16-11-4-2-3-8-9(11)5-6-10(8)14-12(15)7-13/h2-4,10H,5-7,13H2,1H3,(H,14,15). The van der Waals surface area contributed by atoms with Gasteiger partial charge in [0, 0.05) is 0 Å². The van der Waals surface area contributed by atoms with E-state index in [1.807, 2.05) is 18.2 Å². The van der Waals surface area contributed by atoms with E-state index in [0.717, 1.165) is 24.2 Å². The highest BCUT2D eigenvalue weighted by Gasteiger charge is 2.25. The first-order chi connectivity index (χ1) is 7.76. The molecule has 0 aromatic heterocycles. The molecule has 2 rings (SSSR count). The van der Waals surface area contributed by atoms with Gasteiger partial charge in [-0.3, -0.25) is 4.79 Å². The Hall–Kier alpha value is -1.55. The number of carbonyl (C=O) groups is 1. The third-order valence-corrected chi connectivity index (χ3v) is 2.97. The van der Waals surface area contributed by atoms with E-state index in [9.17, 15) is 4.79 Å². The molecule has 1 aliphatic carbocycles. The molecular formula is C12H16N2O2. The average Bonchev–Trinajstić information content (AvgIpc) is 2.72. The smallest absolute Gasteiger partial charge is 0.234 e. The van der Waals surface area contributed by atoms with Gasteiger partial charge in [0.15, 0.2) is 0 Å². The number of methoxy groups -OCH3 is 1. The Morgan fingerprint density at radius 2 is 2.44 bits per heavy atom. The largest absolute Gasteiger partial charge is 0.496 e. The monoisotopic (exact) mass is 220 g/mol. The number of carbonyl (C=O) groups excluding carboxylic acids is 1. The maximum absolute atomic E-state index is 11.3. The lowest BCUT2D eigenvalue weighted by atomic mass is 10.1. The minimum atomic E-state index is -0.110. The van der Waals surface area contributed by atoms with E-state index >= 15 is 0 Å². The van der Waals surface area contributed by atoms with Crippen LogP contribution < -0.4 is 15.8 Å². The van der Waals surface area contributed by atoms with E-state index in [2.05, 4.69) is 5.32 Å². The molecule has 1 aliphatic rings. The molecule has 0 fully saturated rings. The second-order valence-electron chi connectivity index (χ2n) is 3.89. The number of hydrogen-bond donors (Lipinski definition) is 2. The van der Waals surface area contributed by atoms with Crippen LogP contribution >= 0.6 is 0 Å². The van der Waals surface area contributed by atoms with E-state index in [1.54, 1.807) is 7.11 Å². The van der Waals surface area contributed by atoms with Crippen LogP contribution in [0.1, 0.15) is 23.6 Å². The van der Waals surface area contributed by atoms with Gasteiger partial charge in [-0.05, 0) is 30.0 Å². The van der Waals surface area contributed by atoms with Crippen LogP contribution in [0.5, 0.6) is 5.75 Å². The highest BCUT2D eigenvalue weighted by atomic mass is 16.5. The fourth-order valence-corrected chi connectivity index (χ4v) is 2.22. The molecule has 86 valence electrons. The number of benzene rings is 1. The van der Waals surface area contributed by atoms with Crippen molar-refractivity contribution in [2.75, 3.05) is 13.7 Å². The molecule has 1 amide bonds. The third kappa shape index (κ3) is 1.88. The zero-order valence-electron chi connectivity index (χ0n) is 9.32. The quantitative estimate of drug-likeness (QED) is 0.790. The predicted molar refractivity (Wildman–Crippen MR) is 61.3 cm³/mol. The Labute approximate surface area is 94.8 Å². The third-order valence-electron chi connectivity index (χ3n) is 2.97. The van der Waals surface area contributed by atoms with Crippen LogP contribution in [0.3, 0.4) is 0 Å². The molecule has 4 nitrogen and oxygen atoms in total. The molecule has 16 heavy (non-hydrogen) atoms. The summed E-state index contributed by atoms with van der Waals surface area (Å²) in [7, 11) is 1.67. The summed E-state index contributed by atoms with van der Waals surface area (Å²) in [6, 6.07) is 6.02. The number of nitrogens with one attached hydrogen (secondary N) is 1. The summed E-state index contributed by atoms with van der Waals surface area (Å²) >= 11 is 0. The second-order valence-corrected chi connectivity index (χ2v) is 3.89. The molecule has 4 heteroatoms. The first kappa shape index (κ1) is 11.0. The lowest BCUT2D eigenvalue weighted by molar-refractivity contribution is -0.120. The summed E-state index contributed by atoms with van der Waals surface area (Å²) < 4.78 is 5.30. The van der Waals surface area contributed by atoms with E-state index < -0.39 is 0 Å². The van der Waals surface area contributed by atoms with Crippen molar-refractivity contribution in [1.82, 2.24) is 5.32 Å². The molecule has 1 atom stereocenters. The van der Waals surface area contributed by atoms with Gasteiger partial charge in [0.05, 0.1) is 19.7 Å². The van der Waals surface area contributed by atoms with E-state index in [1.165, 1.54) is 5.56 Å². The summed E-state index contributed by atoms with van der Waals surface area (Å²) in [4.78, 5) is 11.3. The Morgan fingerprint density at radius 1 is 1.62 bits per heavy atom. The molecule has 0 saturated heterocycles. The van der Waals surface area contributed by atoms with Gasteiger partial charge < -0.3 is 15.8 Å². The predicted octanol–water partition coefficient (Wildman–Crippen LogP) is 0.757. The first-order valence-corrected chi connectivity index (χ1v) is 5.41. The molecule has 0 saturated carbocycles. The summed E-state index contributed by atoms with van der Waals surface area (Å²) in [6.07, 6.45) is 1.86. The van der Waals surface area contributed by atoms with Crippen LogP contribution in [0.2, 0.25) is 0 Å². The number of nitrogens with two attached hydrogens (primary N) is 1. The lowest BCUT2D eigenvalue weighted by Crippen LogP contribution is -2.32. The van der Waals surface area contributed by atoms with Crippen molar-refractivity contribution in [1.29, 1.82) is 0 Å². The second kappa shape index (κ2) is 4.53. The molecule has 3 N–H and O–H groups in total. The highest BCUT2D eigenvalue weighted by molar-refractivity contribution is 5.78. The average molecular weight is 220 g/mol. The van der Waals surface area contributed by atoms with Crippen LogP contribution in [-0.4, -0.2) is 19.6 Å². The Kier molecular flexibility index (Phi) is 3.10. The van der Waals surface area contributed by atoms with Gasteiger partial charge in [0.2, 0.25) is 5.91 Å². The highest BCUT2D eigenvalue weighted by Crippen LogP contribution is 2.36. The fraction of sp³-hybridized carbons (Fsp3) is 0.417. The van der Waals surface area contributed by atoms with Crippen molar-refractivity contribution in [2.45, 2.75) is 18.9 Å². The molecular weight excluding hydrogens is 204 g/mol. The van der Waals surface area contributed by atoms with Gasteiger partial charge >= 0.3 is 0 Å². The summed E-state index contributed by atoms with van der Waals surface area (Å²) in [5.41, 5.74) is 7.64. The first-order valence-electron chi connectivity index (χ1n) is 5.41. The number of rotatable bonds is 3. The summed E-state index contributed by atoms with van der Waals surface area (Å²) in [5, 5.41) is 2.92. The van der Waals surface area contributed by atoms with E-state index in [0.29, 0.717) is 0 Å². The summed E-state index contributed by atoms with van der Waals surface area (Å²) in [6.45, 7) is 0.0375. The van der Waals surface area contributed by atoms with E-state index in [-0.39, 0.29) is 18.5 Å². The molecule has 0 heterocycles. The molecule has 1 unspecified atom stereocenters. The summed E-state index contributed by atoms with van der Waals surface area (Å²) in [5.74, 6) is 0.794. The zero-order valence-corrected chi connectivity index (χ0v) is 9.32. The van der Waals surface area contributed by atoms with Crippen LogP contribution in [0, 0.1) is 0 Å². The van der Waals surface area contributed by atoms with Gasteiger partial charge in [-0.1, -0.05) is 12.1 Å². The fourth-order valence-electron chi connectivity index (χ4n) is 2.22. The van der Waals surface area contributed by atoms with Gasteiger partial charge in [-0.2, -0.15) is 0 Å². The minimum absolute atomic E-state index is 0.0375. The molecule has 0 bridgehead atoms. The lowest BCUT2D eigenvalue weighted by Gasteiger charge is -2.14. The topological polar surface area (TPSA) is 64.3 Å². The maximum atomic E-state index is 11.3. The van der Waals surface area contributed by atoms with Crippen molar-refractivity contribution < 1.29 is 9.53 Å². The van der Waals surface area contributed by atoms with Gasteiger partial charge in [0.25, 0.3) is 0 Å². The van der Waals surface area contributed by atoms with Crippen molar-refractivity contribution in [3.05, 3.63) is 29.3 Å².